The Morgan fingerprint density at radius 2 is 1.83 bits per heavy atom. The lowest BCUT2D eigenvalue weighted by molar-refractivity contribution is 0.102. The van der Waals surface area contributed by atoms with Crippen molar-refractivity contribution in [2.75, 3.05) is 10.6 Å². The lowest BCUT2D eigenvalue weighted by Crippen LogP contribution is -2.11. The molecule has 0 unspecified atom stereocenters. The third-order valence-electron chi connectivity index (χ3n) is 4.38. The topological polar surface area (TPSA) is 92.9 Å². The van der Waals surface area contributed by atoms with Crippen molar-refractivity contribution < 1.29 is 9.21 Å². The predicted molar refractivity (Wildman–Crippen MR) is 111 cm³/mol. The Kier molecular flexibility index (Phi) is 5.29. The average Bonchev–Trinajstić information content (AvgIpc) is 3.24. The van der Waals surface area contributed by atoms with Gasteiger partial charge in [-0.25, -0.2) is 0 Å². The summed E-state index contributed by atoms with van der Waals surface area (Å²) in [5.74, 6) is 0.177. The van der Waals surface area contributed by atoms with Crippen molar-refractivity contribution in [1.29, 1.82) is 0 Å². The lowest BCUT2D eigenvalue weighted by Gasteiger charge is -2.06. The molecule has 0 aliphatic heterocycles. The molecule has 144 valence electrons. The first kappa shape index (κ1) is 18.4. The number of carbonyl (C=O) groups excluding carboxylic acids is 1. The fourth-order valence-corrected chi connectivity index (χ4v) is 2.85. The first-order valence-electron chi connectivity index (χ1n) is 9.23. The third kappa shape index (κ3) is 4.30. The Bertz CT molecular complexity index is 1110. The quantitative estimate of drug-likeness (QED) is 0.500. The molecule has 0 fully saturated rings. The van der Waals surface area contributed by atoms with Crippen molar-refractivity contribution in [3.63, 3.8) is 0 Å². The van der Waals surface area contributed by atoms with Crippen LogP contribution in [0.3, 0.4) is 0 Å². The van der Waals surface area contributed by atoms with Gasteiger partial charge in [-0.15, -0.1) is 5.10 Å². The van der Waals surface area contributed by atoms with Gasteiger partial charge in [0.1, 0.15) is 0 Å². The van der Waals surface area contributed by atoms with Crippen LogP contribution in [0.1, 0.15) is 22.8 Å². The first-order valence-corrected chi connectivity index (χ1v) is 9.23. The van der Waals surface area contributed by atoms with Crippen molar-refractivity contribution in [2.45, 2.75) is 13.3 Å². The number of nitrogens with zero attached hydrogens (tertiary/aromatic N) is 3. The van der Waals surface area contributed by atoms with Crippen LogP contribution in [0, 0.1) is 0 Å². The molecular formula is C22H19N5O2. The number of pyridine rings is 1. The van der Waals surface area contributed by atoms with Crippen LogP contribution in [0.5, 0.6) is 0 Å². The average molecular weight is 385 g/mol. The van der Waals surface area contributed by atoms with Crippen LogP contribution >= 0.6 is 0 Å². The van der Waals surface area contributed by atoms with E-state index in [1.165, 1.54) is 11.8 Å². The fraction of sp³-hybridized carbons (Fsp3) is 0.0909. The maximum absolute atomic E-state index is 12.2. The Balaban J connectivity index is 1.45. The number of aryl methyl sites for hydroxylation is 1. The van der Waals surface area contributed by atoms with Crippen LogP contribution in [0.2, 0.25) is 0 Å². The van der Waals surface area contributed by atoms with Crippen molar-refractivity contribution in [3.05, 3.63) is 84.2 Å². The van der Waals surface area contributed by atoms with Crippen LogP contribution in [0.4, 0.5) is 17.4 Å². The predicted octanol–water partition coefficient (Wildman–Crippen LogP) is 4.69. The minimum atomic E-state index is -0.218. The number of anilines is 3. The van der Waals surface area contributed by atoms with Crippen molar-refractivity contribution in [3.8, 4) is 11.5 Å². The minimum Gasteiger partial charge on any atom is -0.403 e. The molecular weight excluding hydrogens is 366 g/mol. The van der Waals surface area contributed by atoms with E-state index < -0.39 is 0 Å². The molecule has 0 aliphatic rings. The monoisotopic (exact) mass is 385 g/mol. The molecule has 0 aliphatic carbocycles. The van der Waals surface area contributed by atoms with Crippen LogP contribution in [-0.4, -0.2) is 21.1 Å². The zero-order valence-electron chi connectivity index (χ0n) is 15.8. The number of amides is 1. The van der Waals surface area contributed by atoms with Crippen LogP contribution in [0.15, 0.2) is 77.5 Å². The van der Waals surface area contributed by atoms with E-state index in [1.807, 2.05) is 30.3 Å². The molecule has 0 saturated heterocycles. The van der Waals surface area contributed by atoms with E-state index in [9.17, 15) is 4.79 Å². The number of hydrogen-bond acceptors (Lipinski definition) is 6. The molecule has 2 N–H and O–H groups in total. The van der Waals surface area contributed by atoms with Gasteiger partial charge in [0.25, 0.3) is 5.91 Å². The Morgan fingerprint density at radius 1 is 1.00 bits per heavy atom. The summed E-state index contributed by atoms with van der Waals surface area (Å²) in [7, 11) is 0. The smallest absolute Gasteiger partial charge is 0.320 e. The molecule has 1 amide bonds. The summed E-state index contributed by atoms with van der Waals surface area (Å²) in [4.78, 5) is 16.1. The molecule has 2 aromatic heterocycles. The molecule has 29 heavy (non-hydrogen) atoms. The maximum Gasteiger partial charge on any atom is 0.320 e. The molecule has 0 saturated carbocycles. The van der Waals surface area contributed by atoms with Crippen LogP contribution in [0.25, 0.3) is 11.5 Å². The highest BCUT2D eigenvalue weighted by atomic mass is 16.4. The number of nitrogens with one attached hydrogen (secondary N) is 2. The molecule has 7 nitrogen and oxygen atoms in total. The van der Waals surface area contributed by atoms with Crippen molar-refractivity contribution in [1.82, 2.24) is 15.2 Å². The van der Waals surface area contributed by atoms with Gasteiger partial charge in [-0.2, -0.15) is 0 Å². The van der Waals surface area contributed by atoms with Gasteiger partial charge in [-0.3, -0.25) is 9.78 Å². The number of carbonyl (C=O) groups is 1. The van der Waals surface area contributed by atoms with E-state index in [1.54, 1.807) is 30.5 Å². The molecule has 4 rings (SSSR count). The molecule has 2 aromatic carbocycles. The zero-order chi connectivity index (χ0) is 20.1. The largest absolute Gasteiger partial charge is 0.403 e. The molecule has 0 bridgehead atoms. The molecule has 2 heterocycles. The number of benzene rings is 2. The summed E-state index contributed by atoms with van der Waals surface area (Å²) < 4.78 is 5.73. The van der Waals surface area contributed by atoms with Gasteiger partial charge in [-0.1, -0.05) is 30.2 Å². The van der Waals surface area contributed by atoms with Gasteiger partial charge in [0.05, 0.1) is 5.56 Å². The standard InChI is InChI=1S/C22H19N5O2/c1-2-15-6-3-4-8-19(15)25-22-27-26-21(29-22)16-9-11-18(12-10-16)24-20(28)17-7-5-13-23-14-17/h3-14H,2H2,1H3,(H,24,28)(H,25,27). The molecule has 0 spiro atoms. The first-order chi connectivity index (χ1) is 14.2. The second kappa shape index (κ2) is 8.35. The summed E-state index contributed by atoms with van der Waals surface area (Å²) in [6.07, 6.45) is 4.05. The van der Waals surface area contributed by atoms with Crippen molar-refractivity contribution in [2.24, 2.45) is 0 Å². The van der Waals surface area contributed by atoms with E-state index in [0.29, 0.717) is 23.2 Å². The molecule has 4 aromatic rings. The second-order valence-corrected chi connectivity index (χ2v) is 6.32. The van der Waals surface area contributed by atoms with E-state index in [2.05, 4.69) is 38.8 Å². The summed E-state index contributed by atoms with van der Waals surface area (Å²) in [5.41, 5.74) is 4.03. The number of hydrogen-bond donors (Lipinski definition) is 2. The third-order valence-corrected chi connectivity index (χ3v) is 4.38. The van der Waals surface area contributed by atoms with Gasteiger partial charge >= 0.3 is 6.01 Å². The van der Waals surface area contributed by atoms with Gasteiger partial charge < -0.3 is 15.1 Å². The van der Waals surface area contributed by atoms with Gasteiger partial charge in [0.2, 0.25) is 5.89 Å². The maximum atomic E-state index is 12.2. The van der Waals surface area contributed by atoms with E-state index in [4.69, 9.17) is 4.42 Å². The molecule has 7 heteroatoms. The minimum absolute atomic E-state index is 0.218. The highest BCUT2D eigenvalue weighted by Crippen LogP contribution is 2.25. The van der Waals surface area contributed by atoms with E-state index in [-0.39, 0.29) is 5.91 Å². The summed E-state index contributed by atoms with van der Waals surface area (Å²) in [6.45, 7) is 2.09. The Hall–Kier alpha value is -4.00. The lowest BCUT2D eigenvalue weighted by atomic mass is 10.1. The van der Waals surface area contributed by atoms with Gasteiger partial charge in [0, 0.05) is 29.3 Å². The Morgan fingerprint density at radius 3 is 2.59 bits per heavy atom. The van der Waals surface area contributed by atoms with E-state index >= 15 is 0 Å². The molecule has 0 atom stereocenters. The SMILES string of the molecule is CCc1ccccc1Nc1nnc(-c2ccc(NC(=O)c3cccnc3)cc2)o1. The fourth-order valence-electron chi connectivity index (χ4n) is 2.85. The second-order valence-electron chi connectivity index (χ2n) is 6.32. The van der Waals surface area contributed by atoms with Crippen LogP contribution < -0.4 is 10.6 Å². The Labute approximate surface area is 167 Å². The summed E-state index contributed by atoms with van der Waals surface area (Å²) in [5, 5.41) is 14.2. The molecule has 0 radical (unpaired) electrons. The van der Waals surface area contributed by atoms with E-state index in [0.717, 1.165) is 17.7 Å². The van der Waals surface area contributed by atoms with Gasteiger partial charge in [0.15, 0.2) is 0 Å². The summed E-state index contributed by atoms with van der Waals surface area (Å²) in [6, 6.07) is 18.9. The zero-order valence-corrected chi connectivity index (χ0v) is 15.8. The normalized spacial score (nSPS) is 10.5. The number of rotatable bonds is 6. The van der Waals surface area contributed by atoms with Gasteiger partial charge in [-0.05, 0) is 54.4 Å². The number of aromatic nitrogens is 3. The highest BCUT2D eigenvalue weighted by Gasteiger charge is 2.11. The van der Waals surface area contributed by atoms with Crippen LogP contribution in [-0.2, 0) is 6.42 Å². The van der Waals surface area contributed by atoms with Crippen molar-refractivity contribution >= 4 is 23.3 Å². The highest BCUT2D eigenvalue weighted by molar-refractivity contribution is 6.04. The summed E-state index contributed by atoms with van der Waals surface area (Å²) >= 11 is 0. The number of para-hydroxylation sites is 1.